The summed E-state index contributed by atoms with van der Waals surface area (Å²) in [6.45, 7) is 3.68. The normalized spacial score (nSPS) is 18.5. The SMILES string of the molecule is Cc1nc2c3c(c(C(=O)N4CC4)cc2n1C)CCC(c1ccccc1)O3. The Morgan fingerprint density at radius 3 is 2.73 bits per heavy atom. The van der Waals surface area contributed by atoms with E-state index in [9.17, 15) is 4.79 Å². The Morgan fingerprint density at radius 1 is 1.23 bits per heavy atom. The van der Waals surface area contributed by atoms with Crippen LogP contribution >= 0.6 is 0 Å². The zero-order valence-electron chi connectivity index (χ0n) is 15.0. The summed E-state index contributed by atoms with van der Waals surface area (Å²) in [6.07, 6.45) is 1.70. The molecule has 1 atom stereocenters. The number of ether oxygens (including phenoxy) is 1. The molecule has 5 nitrogen and oxygen atoms in total. The summed E-state index contributed by atoms with van der Waals surface area (Å²) in [5, 5.41) is 0. The molecule has 0 aliphatic carbocycles. The maximum Gasteiger partial charge on any atom is 0.254 e. The smallest absolute Gasteiger partial charge is 0.254 e. The number of fused-ring (bicyclic) bond motifs is 3. The van der Waals surface area contributed by atoms with E-state index in [0.29, 0.717) is 0 Å². The summed E-state index contributed by atoms with van der Waals surface area (Å²) in [5.41, 5.74) is 4.78. The highest BCUT2D eigenvalue weighted by molar-refractivity contribution is 6.02. The Bertz CT molecular complexity index is 1020. The molecule has 5 rings (SSSR count). The minimum Gasteiger partial charge on any atom is -0.483 e. The minimum atomic E-state index is 0.000736. The molecule has 1 aromatic heterocycles. The Balaban J connectivity index is 1.68. The van der Waals surface area contributed by atoms with Crippen LogP contribution in [-0.2, 0) is 13.5 Å². The van der Waals surface area contributed by atoms with Crippen LogP contribution < -0.4 is 4.74 Å². The molecule has 0 bridgehead atoms. The number of imidazole rings is 1. The zero-order chi connectivity index (χ0) is 17.8. The molecule has 132 valence electrons. The van der Waals surface area contributed by atoms with Gasteiger partial charge in [0, 0.05) is 31.3 Å². The van der Waals surface area contributed by atoms with Crippen LogP contribution in [-0.4, -0.2) is 33.4 Å². The standard InChI is InChI=1S/C21H21N3O2/c1-13-22-19-17(23(13)2)12-16(21(25)24-10-11-24)15-8-9-18(26-20(15)19)14-6-4-3-5-7-14/h3-7,12,18H,8-11H2,1-2H3. The second-order valence-corrected chi connectivity index (χ2v) is 7.17. The quantitative estimate of drug-likeness (QED) is 0.668. The van der Waals surface area contributed by atoms with E-state index < -0.39 is 0 Å². The number of nitrogens with zero attached hydrogens (tertiary/aromatic N) is 3. The average molecular weight is 347 g/mol. The molecular weight excluding hydrogens is 326 g/mol. The summed E-state index contributed by atoms with van der Waals surface area (Å²) >= 11 is 0. The first-order valence-corrected chi connectivity index (χ1v) is 9.13. The van der Waals surface area contributed by atoms with Crippen molar-refractivity contribution in [2.45, 2.75) is 25.9 Å². The van der Waals surface area contributed by atoms with Gasteiger partial charge in [0.1, 0.15) is 17.4 Å². The van der Waals surface area contributed by atoms with Gasteiger partial charge in [-0.25, -0.2) is 4.98 Å². The van der Waals surface area contributed by atoms with E-state index >= 15 is 0 Å². The lowest BCUT2D eigenvalue weighted by Gasteiger charge is -2.28. The number of hydrogen-bond acceptors (Lipinski definition) is 3. The second kappa shape index (κ2) is 5.59. The fourth-order valence-corrected chi connectivity index (χ4v) is 3.82. The highest BCUT2D eigenvalue weighted by Crippen LogP contribution is 2.42. The van der Waals surface area contributed by atoms with Gasteiger partial charge < -0.3 is 14.2 Å². The summed E-state index contributed by atoms with van der Waals surface area (Å²) in [6, 6.07) is 12.3. The molecule has 0 spiro atoms. The van der Waals surface area contributed by atoms with Crippen molar-refractivity contribution < 1.29 is 9.53 Å². The molecule has 0 saturated carbocycles. The van der Waals surface area contributed by atoms with Crippen molar-refractivity contribution in [1.82, 2.24) is 14.5 Å². The van der Waals surface area contributed by atoms with E-state index in [4.69, 9.17) is 9.72 Å². The number of carbonyl (C=O) groups excluding carboxylic acids is 1. The highest BCUT2D eigenvalue weighted by Gasteiger charge is 2.33. The summed E-state index contributed by atoms with van der Waals surface area (Å²) in [7, 11) is 1.99. The Kier molecular flexibility index (Phi) is 3.32. The van der Waals surface area contributed by atoms with Gasteiger partial charge in [0.2, 0.25) is 0 Å². The predicted octanol–water partition coefficient (Wildman–Crippen LogP) is 3.40. The van der Waals surface area contributed by atoms with Gasteiger partial charge in [-0.05, 0) is 31.4 Å². The third-order valence-electron chi connectivity index (χ3n) is 5.51. The maximum atomic E-state index is 12.8. The van der Waals surface area contributed by atoms with Gasteiger partial charge in [0.25, 0.3) is 5.91 Å². The summed E-state index contributed by atoms with van der Waals surface area (Å²) in [5.74, 6) is 1.82. The van der Waals surface area contributed by atoms with Gasteiger partial charge >= 0.3 is 0 Å². The molecule has 3 aromatic rings. The number of aryl methyl sites for hydroxylation is 2. The third-order valence-corrected chi connectivity index (χ3v) is 5.51. The fraction of sp³-hybridized carbons (Fsp3) is 0.333. The van der Waals surface area contributed by atoms with E-state index in [1.165, 1.54) is 5.56 Å². The van der Waals surface area contributed by atoms with Gasteiger partial charge in [0.05, 0.1) is 5.52 Å². The molecule has 2 aromatic carbocycles. The molecule has 1 saturated heterocycles. The number of rotatable bonds is 2. The first-order valence-electron chi connectivity index (χ1n) is 9.13. The van der Waals surface area contributed by atoms with Crippen molar-refractivity contribution in [3.63, 3.8) is 0 Å². The van der Waals surface area contributed by atoms with E-state index in [2.05, 4.69) is 12.1 Å². The van der Waals surface area contributed by atoms with Gasteiger partial charge in [0.15, 0.2) is 5.75 Å². The molecule has 3 heterocycles. The first kappa shape index (κ1) is 15.4. The van der Waals surface area contributed by atoms with E-state index in [0.717, 1.165) is 59.7 Å². The lowest BCUT2D eigenvalue weighted by molar-refractivity contribution is 0.0881. The number of hydrogen-bond donors (Lipinski definition) is 0. The lowest BCUT2D eigenvalue weighted by Crippen LogP contribution is -2.20. The van der Waals surface area contributed by atoms with E-state index in [1.807, 2.05) is 47.7 Å². The maximum absolute atomic E-state index is 12.8. The number of aromatic nitrogens is 2. The molecule has 1 unspecified atom stereocenters. The molecule has 1 fully saturated rings. The van der Waals surface area contributed by atoms with Crippen molar-refractivity contribution in [3.05, 3.63) is 58.9 Å². The van der Waals surface area contributed by atoms with Gasteiger partial charge in [-0.15, -0.1) is 0 Å². The van der Waals surface area contributed by atoms with Crippen LogP contribution in [0.4, 0.5) is 0 Å². The molecule has 2 aliphatic heterocycles. The van der Waals surface area contributed by atoms with Crippen molar-refractivity contribution in [2.24, 2.45) is 7.05 Å². The number of amides is 1. The third kappa shape index (κ3) is 2.30. The Labute approximate surface area is 152 Å². The van der Waals surface area contributed by atoms with Crippen LogP contribution in [0.3, 0.4) is 0 Å². The first-order chi connectivity index (χ1) is 12.6. The van der Waals surface area contributed by atoms with Gasteiger partial charge in [-0.2, -0.15) is 0 Å². The van der Waals surface area contributed by atoms with Gasteiger partial charge in [-0.1, -0.05) is 30.3 Å². The number of benzene rings is 2. The molecule has 2 aliphatic rings. The van der Waals surface area contributed by atoms with Crippen LogP contribution in [0.1, 0.15) is 39.8 Å². The van der Waals surface area contributed by atoms with Crippen molar-refractivity contribution in [1.29, 1.82) is 0 Å². The zero-order valence-corrected chi connectivity index (χ0v) is 15.0. The number of carbonyl (C=O) groups is 1. The average Bonchev–Trinajstić information content (AvgIpc) is 3.48. The predicted molar refractivity (Wildman–Crippen MR) is 99.5 cm³/mol. The monoisotopic (exact) mass is 347 g/mol. The molecule has 26 heavy (non-hydrogen) atoms. The lowest BCUT2D eigenvalue weighted by atomic mass is 9.93. The molecule has 0 N–H and O–H groups in total. The molecular formula is C21H21N3O2. The van der Waals surface area contributed by atoms with Crippen LogP contribution in [0, 0.1) is 6.92 Å². The second-order valence-electron chi connectivity index (χ2n) is 7.17. The van der Waals surface area contributed by atoms with Crippen molar-refractivity contribution in [2.75, 3.05) is 13.1 Å². The largest absolute Gasteiger partial charge is 0.483 e. The Hall–Kier alpha value is -2.82. The van der Waals surface area contributed by atoms with Crippen molar-refractivity contribution >= 4 is 16.9 Å². The fourth-order valence-electron chi connectivity index (χ4n) is 3.82. The summed E-state index contributed by atoms with van der Waals surface area (Å²) < 4.78 is 8.48. The highest BCUT2D eigenvalue weighted by atomic mass is 16.5. The topological polar surface area (TPSA) is 47.1 Å². The van der Waals surface area contributed by atoms with E-state index in [-0.39, 0.29) is 12.0 Å². The van der Waals surface area contributed by atoms with Crippen molar-refractivity contribution in [3.8, 4) is 5.75 Å². The molecule has 5 heteroatoms. The minimum absolute atomic E-state index is 0.000736. The van der Waals surface area contributed by atoms with Crippen LogP contribution in [0.15, 0.2) is 36.4 Å². The van der Waals surface area contributed by atoms with E-state index in [1.54, 1.807) is 0 Å². The molecule has 0 radical (unpaired) electrons. The van der Waals surface area contributed by atoms with Gasteiger partial charge in [-0.3, -0.25) is 4.79 Å². The van der Waals surface area contributed by atoms with Crippen LogP contribution in [0.5, 0.6) is 5.75 Å². The van der Waals surface area contributed by atoms with Crippen LogP contribution in [0.2, 0.25) is 0 Å². The Morgan fingerprint density at radius 2 is 2.00 bits per heavy atom. The molecule has 1 amide bonds. The summed E-state index contributed by atoms with van der Waals surface area (Å²) in [4.78, 5) is 19.4. The van der Waals surface area contributed by atoms with Crippen LogP contribution in [0.25, 0.3) is 11.0 Å².